The number of carboxylic acids is 1. The van der Waals surface area contributed by atoms with Crippen LogP contribution in [0.3, 0.4) is 0 Å². The van der Waals surface area contributed by atoms with E-state index in [-0.39, 0.29) is 32.3 Å². The second-order valence-electron chi connectivity index (χ2n) is 10.6. The summed E-state index contributed by atoms with van der Waals surface area (Å²) in [6.07, 6.45) is 13.0. The first-order valence-electron chi connectivity index (χ1n) is 14.2. The van der Waals surface area contributed by atoms with E-state index < -0.39 is 12.0 Å². The largest absolute Gasteiger partial charge is 1.00 e. The van der Waals surface area contributed by atoms with E-state index in [2.05, 4.69) is 10.3 Å². The van der Waals surface area contributed by atoms with Gasteiger partial charge >= 0.3 is 24.8 Å². The molecule has 0 aliphatic heterocycles. The van der Waals surface area contributed by atoms with Gasteiger partial charge in [0.15, 0.2) is 0 Å². The Morgan fingerprint density at radius 2 is 1.93 bits per heavy atom. The summed E-state index contributed by atoms with van der Waals surface area (Å²) in [5, 5.41) is 12.4. The van der Waals surface area contributed by atoms with Gasteiger partial charge < -0.3 is 16.6 Å². The van der Waals surface area contributed by atoms with Gasteiger partial charge in [-0.05, 0) is 78.5 Å². The number of aromatic nitrogens is 1. The molecule has 1 heterocycles. The van der Waals surface area contributed by atoms with Crippen molar-refractivity contribution in [1.82, 2.24) is 10.3 Å². The molecule has 1 aliphatic carbocycles. The van der Waals surface area contributed by atoms with Crippen molar-refractivity contribution in [2.75, 3.05) is 12.0 Å². The van der Waals surface area contributed by atoms with Crippen LogP contribution in [0.2, 0.25) is 0 Å². The maximum atomic E-state index is 13.4. The van der Waals surface area contributed by atoms with Gasteiger partial charge in [-0.1, -0.05) is 62.4 Å². The van der Waals surface area contributed by atoms with E-state index in [1.165, 1.54) is 32.1 Å². The van der Waals surface area contributed by atoms with Crippen molar-refractivity contribution >= 4 is 35.0 Å². The Hall–Kier alpha value is -2.08. The van der Waals surface area contributed by atoms with Crippen LogP contribution in [0.25, 0.3) is 11.1 Å². The summed E-state index contributed by atoms with van der Waals surface area (Å²) in [5.74, 6) is 0.0325. The number of thioether (sulfide) groups is 1. The minimum atomic E-state index is -1.02. The van der Waals surface area contributed by atoms with Crippen LogP contribution in [0.1, 0.15) is 85.3 Å². The van der Waals surface area contributed by atoms with Crippen LogP contribution in [-0.2, 0) is 16.1 Å². The summed E-state index contributed by atoms with van der Waals surface area (Å²) in [4.78, 5) is 30.6. The van der Waals surface area contributed by atoms with Crippen LogP contribution in [0, 0.1) is 12.8 Å². The number of rotatable bonds is 14. The first-order chi connectivity index (χ1) is 19.5. The van der Waals surface area contributed by atoms with E-state index in [1.54, 1.807) is 29.2 Å². The minimum absolute atomic E-state index is 0. The Morgan fingerprint density at radius 1 is 1.15 bits per heavy atom. The topological polar surface area (TPSA) is 88.5 Å². The molecule has 1 aliphatic rings. The van der Waals surface area contributed by atoms with E-state index in [0.29, 0.717) is 24.3 Å². The zero-order valence-electron chi connectivity index (χ0n) is 25.4. The van der Waals surface area contributed by atoms with Crippen molar-refractivity contribution in [2.24, 2.45) is 5.92 Å². The van der Waals surface area contributed by atoms with E-state index in [4.69, 9.17) is 4.74 Å². The van der Waals surface area contributed by atoms with Gasteiger partial charge in [0, 0.05) is 11.8 Å². The number of nitrogens with zero attached hydrogens (tertiary/aromatic N) is 1. The predicted molar refractivity (Wildman–Crippen MR) is 165 cm³/mol. The zero-order chi connectivity index (χ0) is 28.3. The van der Waals surface area contributed by atoms with Crippen LogP contribution in [0.5, 0.6) is 0 Å². The zero-order valence-corrected chi connectivity index (χ0v) is 26.1. The molecule has 3 aromatic rings. The maximum absolute atomic E-state index is 13.4. The number of carbonyl (C=O) groups is 2. The fraction of sp³-hybridized carbons (Fsp3) is 0.469. The SMILES string of the molecule is CSCC[C@H](NC(=O)c1ccc(COC(CCC2CCCCC2)c2cncs2)cc1-c1ccccc1C)C(=O)O.[H-].[Li+]. The smallest absolute Gasteiger partial charge is 1.00 e. The molecule has 1 amide bonds. The number of thiazole rings is 1. The molecule has 6 nitrogen and oxygen atoms in total. The summed E-state index contributed by atoms with van der Waals surface area (Å²) in [6.45, 7) is 2.43. The third-order valence-corrected chi connectivity index (χ3v) is 9.27. The first-order valence-corrected chi connectivity index (χ1v) is 16.4. The standard InChI is InChI=1S/C32H40N2O4S2.Li.H/c1-22-8-6-7-11-25(22)27-18-24(12-14-26(27)31(35)34-28(32(36)37)16-17-39-2)20-38-29(30-19-33-21-40-30)15-13-23-9-4-3-5-10-23;;/h6-8,11-12,14,18-19,21,23,28-29H,3-5,9-10,13,15-17,20H2,1-2H3,(H,34,35)(H,36,37);;/q;+1;-1/t28-,29?;;/m0../s1. The van der Waals surface area contributed by atoms with Gasteiger partial charge in [-0.15, -0.1) is 11.3 Å². The molecule has 1 aromatic heterocycles. The Kier molecular flexibility index (Phi) is 14.0. The maximum Gasteiger partial charge on any atom is 1.00 e. The number of aryl methyl sites for hydroxylation is 1. The van der Waals surface area contributed by atoms with E-state index in [9.17, 15) is 14.7 Å². The molecule has 0 radical (unpaired) electrons. The molecule has 0 spiro atoms. The molecule has 9 heteroatoms. The van der Waals surface area contributed by atoms with Crippen molar-refractivity contribution in [3.63, 3.8) is 0 Å². The summed E-state index contributed by atoms with van der Waals surface area (Å²) in [5.41, 5.74) is 6.06. The van der Waals surface area contributed by atoms with Crippen molar-refractivity contribution in [3.8, 4) is 11.1 Å². The number of benzene rings is 2. The van der Waals surface area contributed by atoms with Gasteiger partial charge in [-0.25, -0.2) is 4.79 Å². The van der Waals surface area contributed by atoms with Crippen LogP contribution >= 0.6 is 23.1 Å². The van der Waals surface area contributed by atoms with Gasteiger partial charge in [-0.2, -0.15) is 11.8 Å². The number of nitrogens with one attached hydrogen (secondary N) is 1. The van der Waals surface area contributed by atoms with Crippen LogP contribution in [-0.4, -0.2) is 40.0 Å². The van der Waals surface area contributed by atoms with Gasteiger partial charge in [0.25, 0.3) is 5.91 Å². The summed E-state index contributed by atoms with van der Waals surface area (Å²) in [7, 11) is 0. The Bertz CT molecular complexity index is 1260. The summed E-state index contributed by atoms with van der Waals surface area (Å²) >= 11 is 3.20. The number of amides is 1. The third kappa shape index (κ3) is 9.73. The van der Waals surface area contributed by atoms with E-state index in [0.717, 1.165) is 45.9 Å². The van der Waals surface area contributed by atoms with Gasteiger partial charge in [0.2, 0.25) is 0 Å². The van der Waals surface area contributed by atoms with Crippen molar-refractivity contribution < 1.29 is 39.7 Å². The van der Waals surface area contributed by atoms with Crippen LogP contribution < -0.4 is 24.2 Å². The quantitative estimate of drug-likeness (QED) is 0.264. The molecule has 41 heavy (non-hydrogen) atoms. The molecular weight excluding hydrogens is 547 g/mol. The Morgan fingerprint density at radius 3 is 2.61 bits per heavy atom. The number of carbonyl (C=O) groups excluding carboxylic acids is 1. The normalized spacial score (nSPS) is 15.1. The molecule has 2 atom stereocenters. The molecule has 1 unspecified atom stereocenters. The van der Waals surface area contributed by atoms with Crippen LogP contribution in [0.15, 0.2) is 54.2 Å². The fourth-order valence-corrected chi connectivity index (χ4v) is 6.63. The molecular formula is C32H41LiN2O4S2. The van der Waals surface area contributed by atoms with Crippen molar-refractivity contribution in [2.45, 2.75) is 77.0 Å². The fourth-order valence-electron chi connectivity index (χ4n) is 5.46. The van der Waals surface area contributed by atoms with E-state index in [1.807, 2.05) is 61.3 Å². The van der Waals surface area contributed by atoms with E-state index >= 15 is 0 Å². The van der Waals surface area contributed by atoms with Crippen molar-refractivity contribution in [1.29, 1.82) is 0 Å². The molecule has 1 fully saturated rings. The van der Waals surface area contributed by atoms with Gasteiger partial charge in [-0.3, -0.25) is 9.78 Å². The third-order valence-electron chi connectivity index (χ3n) is 7.76. The summed E-state index contributed by atoms with van der Waals surface area (Å²) < 4.78 is 6.52. The molecule has 1 saturated carbocycles. The molecule has 4 rings (SSSR count). The molecule has 216 valence electrons. The second-order valence-corrected chi connectivity index (χ2v) is 12.5. The first kappa shape index (κ1) is 33.4. The predicted octanol–water partition coefficient (Wildman–Crippen LogP) is 4.79. The number of ether oxygens (including phenoxy) is 1. The van der Waals surface area contributed by atoms with Crippen molar-refractivity contribution in [3.05, 3.63) is 75.7 Å². The number of aliphatic carboxylic acids is 1. The summed E-state index contributed by atoms with van der Waals surface area (Å²) in [6, 6.07) is 12.7. The molecule has 0 saturated heterocycles. The minimum Gasteiger partial charge on any atom is -1.00 e. The number of hydrogen-bond donors (Lipinski definition) is 2. The molecule has 2 aromatic carbocycles. The number of carboxylic acid groups (broad SMARTS) is 1. The monoisotopic (exact) mass is 588 g/mol. The Balaban J connectivity index is 0.00000308. The van der Waals surface area contributed by atoms with Gasteiger partial charge in [0.1, 0.15) is 6.04 Å². The Labute approximate surface area is 265 Å². The molecule has 0 bridgehead atoms. The average molecular weight is 589 g/mol. The second kappa shape index (κ2) is 17.1. The average Bonchev–Trinajstić information content (AvgIpc) is 3.51. The van der Waals surface area contributed by atoms with Crippen LogP contribution in [0.4, 0.5) is 0 Å². The molecule has 2 N–H and O–H groups in total. The van der Waals surface area contributed by atoms with Gasteiger partial charge in [0.05, 0.1) is 23.1 Å². The number of hydrogen-bond acceptors (Lipinski definition) is 6.